The first-order valence-corrected chi connectivity index (χ1v) is 6.24. The minimum absolute atomic E-state index is 0.367. The van der Waals surface area contributed by atoms with Gasteiger partial charge in [-0.1, -0.05) is 13.8 Å². The van der Waals surface area contributed by atoms with E-state index in [9.17, 15) is 0 Å². The van der Waals surface area contributed by atoms with Crippen molar-refractivity contribution in [1.29, 1.82) is 0 Å². The van der Waals surface area contributed by atoms with Gasteiger partial charge in [-0.25, -0.2) is 4.98 Å². The summed E-state index contributed by atoms with van der Waals surface area (Å²) in [5.74, 6) is 2.02. The highest BCUT2D eigenvalue weighted by Gasteiger charge is 2.20. The van der Waals surface area contributed by atoms with E-state index in [0.29, 0.717) is 5.92 Å². The lowest BCUT2D eigenvalue weighted by Gasteiger charge is -2.09. The topological polar surface area (TPSA) is 70.2 Å². The van der Waals surface area contributed by atoms with E-state index in [1.165, 1.54) is 24.1 Å². The maximum atomic E-state index is 4.51. The second-order valence-electron chi connectivity index (χ2n) is 4.94. The summed E-state index contributed by atoms with van der Waals surface area (Å²) in [4.78, 5) is 4.51. The molecule has 0 unspecified atom stereocenters. The number of aromatic nitrogens is 5. The predicted octanol–water partition coefficient (Wildman–Crippen LogP) is 2.20. The predicted molar refractivity (Wildman–Crippen MR) is 64.7 cm³/mol. The van der Waals surface area contributed by atoms with Crippen LogP contribution in [0.4, 0.5) is 0 Å². The van der Waals surface area contributed by atoms with Crippen molar-refractivity contribution in [1.82, 2.24) is 25.4 Å². The number of aryl methyl sites for hydroxylation is 1. The fourth-order valence-electron chi connectivity index (χ4n) is 2.30. The zero-order valence-corrected chi connectivity index (χ0v) is 10.2. The molecule has 0 aliphatic heterocycles. The van der Waals surface area contributed by atoms with Gasteiger partial charge in [-0.15, -0.1) is 0 Å². The second-order valence-corrected chi connectivity index (χ2v) is 4.94. The van der Waals surface area contributed by atoms with Gasteiger partial charge in [0.05, 0.1) is 0 Å². The maximum Gasteiger partial charge on any atom is 0.201 e. The Labute approximate surface area is 100 Å². The average Bonchev–Trinajstić information content (AvgIpc) is 2.95. The van der Waals surface area contributed by atoms with Crippen LogP contribution in [0.5, 0.6) is 0 Å². The number of fused-ring (bicyclic) bond motifs is 1. The van der Waals surface area contributed by atoms with Crippen LogP contribution in [-0.4, -0.2) is 25.4 Å². The number of nitrogens with zero attached hydrogens (tertiary/aromatic N) is 3. The summed E-state index contributed by atoms with van der Waals surface area (Å²) < 4.78 is 0. The lowest BCUT2D eigenvalue weighted by Crippen LogP contribution is -2.01. The molecule has 2 N–H and O–H groups in total. The minimum atomic E-state index is 0.367. The van der Waals surface area contributed by atoms with E-state index in [0.717, 1.165) is 30.2 Å². The van der Waals surface area contributed by atoms with Crippen molar-refractivity contribution < 1.29 is 0 Å². The molecule has 2 aromatic rings. The van der Waals surface area contributed by atoms with Crippen LogP contribution >= 0.6 is 0 Å². The molecule has 0 saturated heterocycles. The van der Waals surface area contributed by atoms with Crippen molar-refractivity contribution in [3.8, 4) is 11.5 Å². The van der Waals surface area contributed by atoms with E-state index in [-0.39, 0.29) is 0 Å². The highest BCUT2D eigenvalue weighted by Crippen LogP contribution is 2.27. The van der Waals surface area contributed by atoms with Crippen LogP contribution in [0.15, 0.2) is 0 Å². The molecule has 3 rings (SSSR count). The van der Waals surface area contributed by atoms with Crippen LogP contribution < -0.4 is 0 Å². The van der Waals surface area contributed by atoms with Gasteiger partial charge in [-0.3, -0.25) is 10.2 Å². The summed E-state index contributed by atoms with van der Waals surface area (Å²) in [6, 6.07) is 0. The molecular formula is C12H17N5. The lowest BCUT2D eigenvalue weighted by molar-refractivity contribution is 0.675. The molecule has 0 amide bonds. The largest absolute Gasteiger partial charge is 0.282 e. The fraction of sp³-hybridized carbons (Fsp3) is 0.583. The lowest BCUT2D eigenvalue weighted by atomic mass is 9.96. The molecule has 0 radical (unpaired) electrons. The third-order valence-corrected chi connectivity index (χ3v) is 3.32. The van der Waals surface area contributed by atoms with Gasteiger partial charge in [-0.05, 0) is 25.7 Å². The van der Waals surface area contributed by atoms with Crippen molar-refractivity contribution in [3.63, 3.8) is 0 Å². The molecule has 2 aromatic heterocycles. The first-order valence-electron chi connectivity index (χ1n) is 6.24. The monoisotopic (exact) mass is 231 g/mol. The standard InChI is InChI=1S/C12H17N5/c1-7(2)11-13-12(17-16-11)10-8-5-3-4-6-9(8)14-15-10/h7H,3-6H2,1-2H3,(H,14,15)(H,13,16,17). The number of H-pyrrole nitrogens is 2. The number of hydrogen-bond acceptors (Lipinski definition) is 3. The van der Waals surface area contributed by atoms with Gasteiger partial charge in [0, 0.05) is 17.2 Å². The Bertz CT molecular complexity index is 523. The summed E-state index contributed by atoms with van der Waals surface area (Å²) in [6.07, 6.45) is 4.68. The maximum absolute atomic E-state index is 4.51. The van der Waals surface area contributed by atoms with Crippen molar-refractivity contribution >= 4 is 0 Å². The summed E-state index contributed by atoms with van der Waals surface area (Å²) in [6.45, 7) is 4.20. The Kier molecular flexibility index (Phi) is 2.46. The Balaban J connectivity index is 2.00. The molecule has 1 aliphatic carbocycles. The Hall–Kier alpha value is -1.65. The molecule has 0 saturated carbocycles. The Morgan fingerprint density at radius 1 is 1.06 bits per heavy atom. The zero-order valence-electron chi connectivity index (χ0n) is 10.2. The quantitative estimate of drug-likeness (QED) is 0.832. The molecule has 5 nitrogen and oxygen atoms in total. The van der Waals surface area contributed by atoms with E-state index < -0.39 is 0 Å². The number of rotatable bonds is 2. The molecule has 1 aliphatic rings. The molecule has 90 valence electrons. The van der Waals surface area contributed by atoms with Crippen molar-refractivity contribution in [2.24, 2.45) is 0 Å². The van der Waals surface area contributed by atoms with Gasteiger partial charge >= 0.3 is 0 Å². The molecule has 17 heavy (non-hydrogen) atoms. The summed E-state index contributed by atoms with van der Waals surface area (Å²) >= 11 is 0. The first kappa shape index (κ1) is 10.5. The highest BCUT2D eigenvalue weighted by molar-refractivity contribution is 5.56. The van der Waals surface area contributed by atoms with Crippen LogP contribution in [0.2, 0.25) is 0 Å². The van der Waals surface area contributed by atoms with Gasteiger partial charge in [0.2, 0.25) is 5.82 Å². The highest BCUT2D eigenvalue weighted by atomic mass is 15.2. The number of aromatic amines is 2. The van der Waals surface area contributed by atoms with Crippen LogP contribution in [0, 0.1) is 0 Å². The Morgan fingerprint density at radius 3 is 2.65 bits per heavy atom. The molecule has 0 spiro atoms. The molecule has 0 atom stereocenters. The van der Waals surface area contributed by atoms with Crippen molar-refractivity contribution in [2.45, 2.75) is 45.4 Å². The summed E-state index contributed by atoms with van der Waals surface area (Å²) in [5.41, 5.74) is 3.51. The third-order valence-electron chi connectivity index (χ3n) is 3.32. The van der Waals surface area contributed by atoms with Crippen LogP contribution in [0.25, 0.3) is 11.5 Å². The molecule has 2 heterocycles. The summed E-state index contributed by atoms with van der Waals surface area (Å²) in [5, 5.41) is 14.7. The normalized spacial score (nSPS) is 15.2. The van der Waals surface area contributed by atoms with Gasteiger partial charge in [0.1, 0.15) is 11.5 Å². The zero-order chi connectivity index (χ0) is 11.8. The second kappa shape index (κ2) is 3.98. The van der Waals surface area contributed by atoms with Crippen LogP contribution in [0.3, 0.4) is 0 Å². The number of nitrogens with one attached hydrogen (secondary N) is 2. The van der Waals surface area contributed by atoms with Gasteiger partial charge < -0.3 is 0 Å². The smallest absolute Gasteiger partial charge is 0.201 e. The fourth-order valence-corrected chi connectivity index (χ4v) is 2.30. The SMILES string of the molecule is CC(C)c1nc(-c2n[nH]c3c2CCCC3)n[nH]1. The Morgan fingerprint density at radius 2 is 1.88 bits per heavy atom. The molecule has 0 fully saturated rings. The summed E-state index contributed by atoms with van der Waals surface area (Å²) in [7, 11) is 0. The molecule has 5 heteroatoms. The van der Waals surface area contributed by atoms with Gasteiger partial charge in [0.25, 0.3) is 0 Å². The average molecular weight is 231 g/mol. The van der Waals surface area contributed by atoms with E-state index in [1.54, 1.807) is 0 Å². The van der Waals surface area contributed by atoms with E-state index >= 15 is 0 Å². The third kappa shape index (κ3) is 1.75. The molecular weight excluding hydrogens is 214 g/mol. The van der Waals surface area contributed by atoms with Crippen LogP contribution in [0.1, 0.15) is 49.7 Å². The van der Waals surface area contributed by atoms with Crippen molar-refractivity contribution in [2.75, 3.05) is 0 Å². The van der Waals surface area contributed by atoms with Crippen LogP contribution in [-0.2, 0) is 12.8 Å². The first-order chi connectivity index (χ1) is 8.25. The van der Waals surface area contributed by atoms with E-state index in [4.69, 9.17) is 0 Å². The minimum Gasteiger partial charge on any atom is -0.282 e. The number of hydrogen-bond donors (Lipinski definition) is 2. The van der Waals surface area contributed by atoms with Gasteiger partial charge in [0.15, 0.2) is 0 Å². The molecule has 0 bridgehead atoms. The van der Waals surface area contributed by atoms with E-state index in [2.05, 4.69) is 39.2 Å². The van der Waals surface area contributed by atoms with Gasteiger partial charge in [-0.2, -0.15) is 10.2 Å². The van der Waals surface area contributed by atoms with E-state index in [1.807, 2.05) is 0 Å². The molecule has 0 aromatic carbocycles. The van der Waals surface area contributed by atoms with Crippen molar-refractivity contribution in [3.05, 3.63) is 17.1 Å².